The summed E-state index contributed by atoms with van der Waals surface area (Å²) in [5.74, 6) is -0.439. The van der Waals surface area contributed by atoms with E-state index in [0.717, 1.165) is 0 Å². The lowest BCUT2D eigenvalue weighted by atomic mass is 10.1. The molecule has 0 aromatic heterocycles. The summed E-state index contributed by atoms with van der Waals surface area (Å²) in [5, 5.41) is 7.70. The van der Waals surface area contributed by atoms with Crippen LogP contribution in [0.2, 0.25) is 0 Å². The van der Waals surface area contributed by atoms with Crippen molar-refractivity contribution in [2.45, 2.75) is 31.2 Å². The van der Waals surface area contributed by atoms with Crippen LogP contribution in [-0.2, 0) is 10.0 Å². The topological polar surface area (TPSA) is 115 Å². The van der Waals surface area contributed by atoms with Gasteiger partial charge in [-0.05, 0) is 39.0 Å². The number of hydrogen-bond donors (Lipinski definition) is 3. The van der Waals surface area contributed by atoms with Crippen LogP contribution in [-0.4, -0.2) is 19.9 Å². The summed E-state index contributed by atoms with van der Waals surface area (Å²) in [5.41, 5.74) is 5.50. The highest BCUT2D eigenvalue weighted by Gasteiger charge is 2.19. The van der Waals surface area contributed by atoms with Gasteiger partial charge in [-0.2, -0.15) is 0 Å². The van der Waals surface area contributed by atoms with E-state index in [9.17, 15) is 13.2 Å². The molecule has 7 heteroatoms. The predicted octanol–water partition coefficient (Wildman–Crippen LogP) is 0.444. The van der Waals surface area contributed by atoms with Gasteiger partial charge < -0.3 is 11.1 Å². The van der Waals surface area contributed by atoms with Crippen molar-refractivity contribution in [1.82, 2.24) is 5.32 Å². The van der Waals surface area contributed by atoms with Crippen LogP contribution in [0.3, 0.4) is 0 Å². The van der Waals surface area contributed by atoms with Crippen LogP contribution in [0.15, 0.2) is 23.1 Å². The van der Waals surface area contributed by atoms with Crippen molar-refractivity contribution in [3.8, 4) is 0 Å². The third kappa shape index (κ3) is 3.71. The number of benzene rings is 1. The Hall–Kier alpha value is -1.60. The van der Waals surface area contributed by atoms with Crippen molar-refractivity contribution in [1.29, 1.82) is 0 Å². The number of nitrogen functional groups attached to an aromatic ring is 1. The first-order valence-electron chi connectivity index (χ1n) is 5.25. The Morgan fingerprint density at radius 3 is 2.28 bits per heavy atom. The minimum Gasteiger partial charge on any atom is -0.398 e. The van der Waals surface area contributed by atoms with E-state index >= 15 is 0 Å². The second kappa shape index (κ2) is 4.58. The van der Waals surface area contributed by atoms with Crippen molar-refractivity contribution < 1.29 is 13.2 Å². The molecule has 0 aliphatic heterocycles. The molecule has 1 rings (SSSR count). The van der Waals surface area contributed by atoms with E-state index in [4.69, 9.17) is 10.9 Å². The molecule has 1 aromatic rings. The maximum Gasteiger partial charge on any atom is 0.253 e. The van der Waals surface area contributed by atoms with E-state index in [2.05, 4.69) is 5.32 Å². The summed E-state index contributed by atoms with van der Waals surface area (Å²) >= 11 is 0. The Bertz CT molecular complexity index is 574. The normalized spacial score (nSPS) is 12.2. The molecule has 100 valence electrons. The first-order chi connectivity index (χ1) is 8.00. The number of rotatable bonds is 2. The minimum absolute atomic E-state index is 0.0939. The molecule has 6 nitrogen and oxygen atoms in total. The number of carbonyl (C=O) groups excluding carboxylic acids is 1. The molecule has 0 saturated carbocycles. The third-order valence-electron chi connectivity index (χ3n) is 2.09. The largest absolute Gasteiger partial charge is 0.398 e. The highest BCUT2D eigenvalue weighted by molar-refractivity contribution is 7.89. The van der Waals surface area contributed by atoms with Gasteiger partial charge in [0.05, 0.1) is 10.5 Å². The Morgan fingerprint density at radius 2 is 1.83 bits per heavy atom. The fourth-order valence-electron chi connectivity index (χ4n) is 1.32. The molecule has 0 unspecified atom stereocenters. The second-order valence-electron chi connectivity index (χ2n) is 5.00. The number of anilines is 1. The van der Waals surface area contributed by atoms with Gasteiger partial charge in [0.25, 0.3) is 5.91 Å². The van der Waals surface area contributed by atoms with Crippen molar-refractivity contribution in [3.05, 3.63) is 23.8 Å². The number of sulfonamides is 1. The fourth-order valence-corrected chi connectivity index (χ4v) is 1.86. The van der Waals surface area contributed by atoms with Gasteiger partial charge >= 0.3 is 0 Å². The number of hydrogen-bond acceptors (Lipinski definition) is 4. The molecule has 0 bridgehead atoms. The average Bonchev–Trinajstić information content (AvgIpc) is 2.13. The van der Waals surface area contributed by atoms with E-state index in [1.807, 2.05) is 20.8 Å². The van der Waals surface area contributed by atoms with E-state index in [1.54, 1.807) is 0 Å². The zero-order chi connectivity index (χ0) is 14.1. The Kier molecular flexibility index (Phi) is 3.68. The molecule has 0 fully saturated rings. The summed E-state index contributed by atoms with van der Waals surface area (Å²) in [6.45, 7) is 5.43. The van der Waals surface area contributed by atoms with Crippen molar-refractivity contribution in [2.24, 2.45) is 5.14 Å². The van der Waals surface area contributed by atoms with Crippen LogP contribution in [0.4, 0.5) is 5.69 Å². The van der Waals surface area contributed by atoms with Crippen LogP contribution in [0.1, 0.15) is 31.1 Å². The molecule has 5 N–H and O–H groups in total. The molecular formula is C11H17N3O3S. The molecule has 0 saturated heterocycles. The summed E-state index contributed by atoms with van der Waals surface area (Å²) in [6, 6.07) is 3.78. The van der Waals surface area contributed by atoms with E-state index < -0.39 is 21.5 Å². The molecule has 1 amide bonds. The van der Waals surface area contributed by atoms with Crippen molar-refractivity contribution in [3.63, 3.8) is 0 Å². The highest BCUT2D eigenvalue weighted by atomic mass is 32.2. The Morgan fingerprint density at radius 1 is 1.28 bits per heavy atom. The molecule has 0 radical (unpaired) electrons. The van der Waals surface area contributed by atoms with Gasteiger partial charge in [0.2, 0.25) is 10.0 Å². The van der Waals surface area contributed by atoms with Gasteiger partial charge in [-0.25, -0.2) is 13.6 Å². The molecule has 18 heavy (non-hydrogen) atoms. The van der Waals surface area contributed by atoms with Crippen LogP contribution >= 0.6 is 0 Å². The zero-order valence-electron chi connectivity index (χ0n) is 10.5. The number of nitrogens with two attached hydrogens (primary N) is 2. The van der Waals surface area contributed by atoms with Crippen molar-refractivity contribution >= 4 is 21.6 Å². The molecule has 1 aromatic carbocycles. The summed E-state index contributed by atoms with van der Waals surface area (Å²) in [4.78, 5) is 11.8. The van der Waals surface area contributed by atoms with Gasteiger partial charge in [0.1, 0.15) is 0 Å². The first-order valence-corrected chi connectivity index (χ1v) is 6.80. The molecule has 0 atom stereocenters. The Balaban J connectivity index is 3.21. The number of primary sulfonamides is 1. The lowest BCUT2D eigenvalue weighted by Gasteiger charge is -2.21. The van der Waals surface area contributed by atoms with E-state index in [0.29, 0.717) is 0 Å². The lowest BCUT2D eigenvalue weighted by molar-refractivity contribution is 0.0920. The lowest BCUT2D eigenvalue weighted by Crippen LogP contribution is -2.40. The summed E-state index contributed by atoms with van der Waals surface area (Å²) in [7, 11) is -3.85. The summed E-state index contributed by atoms with van der Waals surface area (Å²) in [6.07, 6.45) is 0. The smallest absolute Gasteiger partial charge is 0.253 e. The molecule has 0 spiro atoms. The predicted molar refractivity (Wildman–Crippen MR) is 69.4 cm³/mol. The molecule has 0 aliphatic rings. The maximum absolute atomic E-state index is 11.9. The number of nitrogens with one attached hydrogen (secondary N) is 1. The van der Waals surface area contributed by atoms with Gasteiger partial charge in [-0.1, -0.05) is 0 Å². The monoisotopic (exact) mass is 271 g/mol. The van der Waals surface area contributed by atoms with Gasteiger partial charge in [0, 0.05) is 11.2 Å². The molecular weight excluding hydrogens is 254 g/mol. The second-order valence-corrected chi connectivity index (χ2v) is 6.56. The number of carbonyl (C=O) groups is 1. The maximum atomic E-state index is 11.9. The number of amides is 1. The fraction of sp³-hybridized carbons (Fsp3) is 0.364. The van der Waals surface area contributed by atoms with E-state index in [-0.39, 0.29) is 16.1 Å². The molecule has 0 heterocycles. The SMILES string of the molecule is CC(C)(C)NC(=O)c1cc(S(N)(=O)=O)ccc1N. The van der Waals surface area contributed by atoms with Crippen LogP contribution in [0.25, 0.3) is 0 Å². The summed E-state index contributed by atoms with van der Waals surface area (Å²) < 4.78 is 22.4. The van der Waals surface area contributed by atoms with Crippen LogP contribution in [0.5, 0.6) is 0 Å². The minimum atomic E-state index is -3.85. The Labute approximate surface area is 106 Å². The van der Waals surface area contributed by atoms with Crippen molar-refractivity contribution in [2.75, 3.05) is 5.73 Å². The highest BCUT2D eigenvalue weighted by Crippen LogP contribution is 2.17. The van der Waals surface area contributed by atoms with Gasteiger partial charge in [-0.3, -0.25) is 4.79 Å². The molecule has 0 aliphatic carbocycles. The average molecular weight is 271 g/mol. The third-order valence-corrected chi connectivity index (χ3v) is 3.00. The quantitative estimate of drug-likeness (QED) is 0.677. The zero-order valence-corrected chi connectivity index (χ0v) is 11.3. The van der Waals surface area contributed by atoms with E-state index in [1.165, 1.54) is 18.2 Å². The standard InChI is InChI=1S/C11H17N3O3S/c1-11(2,3)14-10(15)8-6-7(18(13,16)17)4-5-9(8)12/h4-6H,12H2,1-3H3,(H,14,15)(H2,13,16,17). The van der Waals surface area contributed by atoms with Crippen LogP contribution in [0, 0.1) is 0 Å². The van der Waals surface area contributed by atoms with Gasteiger partial charge in [-0.15, -0.1) is 0 Å². The van der Waals surface area contributed by atoms with Crippen LogP contribution < -0.4 is 16.2 Å². The first kappa shape index (κ1) is 14.5. The van der Waals surface area contributed by atoms with Gasteiger partial charge in [0.15, 0.2) is 0 Å².